The molecule has 0 saturated carbocycles. The van der Waals surface area contributed by atoms with Crippen molar-refractivity contribution in [3.63, 3.8) is 0 Å². The second kappa shape index (κ2) is 7.52. The lowest BCUT2D eigenvalue weighted by Gasteiger charge is -2.35. The molecule has 0 fully saturated rings. The average molecular weight is 251 g/mol. The molecule has 0 bridgehead atoms. The normalized spacial score (nSPS) is 16.6. The summed E-state index contributed by atoms with van der Waals surface area (Å²) in [6.07, 6.45) is 0.446. The van der Waals surface area contributed by atoms with Gasteiger partial charge in [-0.25, -0.2) is 0 Å². The Hall–Kier alpha value is -0.900. The molecule has 3 nitrogen and oxygen atoms in total. The van der Waals surface area contributed by atoms with Gasteiger partial charge in [-0.15, -0.1) is 0 Å². The summed E-state index contributed by atoms with van der Waals surface area (Å²) in [6, 6.07) is 10.2. The van der Waals surface area contributed by atoms with Gasteiger partial charge in [0.15, 0.2) is 0 Å². The van der Waals surface area contributed by atoms with E-state index in [0.717, 1.165) is 12.0 Å². The summed E-state index contributed by atoms with van der Waals surface area (Å²) in [4.78, 5) is 2.20. The molecule has 3 unspecified atom stereocenters. The number of hydrogen-bond acceptors (Lipinski definition) is 3. The fraction of sp³-hybridized carbons (Fsp3) is 0.600. The molecule has 3 atom stereocenters. The molecule has 0 aliphatic heterocycles. The van der Waals surface area contributed by atoms with Crippen LogP contribution < -0.4 is 0 Å². The maximum Gasteiger partial charge on any atom is 0.0945 e. The summed E-state index contributed by atoms with van der Waals surface area (Å²) in [5, 5.41) is 10.5. The van der Waals surface area contributed by atoms with Gasteiger partial charge >= 0.3 is 0 Å². The van der Waals surface area contributed by atoms with Crippen LogP contribution in [0.1, 0.15) is 31.9 Å². The summed E-state index contributed by atoms with van der Waals surface area (Å²) in [5.74, 6) is 0. The van der Waals surface area contributed by atoms with E-state index in [1.165, 1.54) is 0 Å². The molecule has 0 aromatic heterocycles. The minimum absolute atomic E-state index is 0.109. The number of benzene rings is 1. The van der Waals surface area contributed by atoms with Gasteiger partial charge in [0, 0.05) is 19.2 Å². The summed E-state index contributed by atoms with van der Waals surface area (Å²) >= 11 is 0. The van der Waals surface area contributed by atoms with Crippen LogP contribution in [0.2, 0.25) is 0 Å². The first kappa shape index (κ1) is 15.2. The Morgan fingerprint density at radius 2 is 1.89 bits per heavy atom. The number of likely N-dealkylation sites (N-methyl/N-ethyl adjacent to an activating group) is 1. The predicted molar refractivity (Wildman–Crippen MR) is 74.6 cm³/mol. The third kappa shape index (κ3) is 3.80. The van der Waals surface area contributed by atoms with Crippen molar-refractivity contribution in [2.75, 3.05) is 20.8 Å². The number of nitrogens with zero attached hydrogens (tertiary/aromatic N) is 1. The highest BCUT2D eigenvalue weighted by molar-refractivity contribution is 5.18. The highest BCUT2D eigenvalue weighted by Gasteiger charge is 2.26. The van der Waals surface area contributed by atoms with E-state index < -0.39 is 6.10 Å². The molecule has 0 aliphatic rings. The van der Waals surface area contributed by atoms with Crippen molar-refractivity contribution in [3.05, 3.63) is 35.9 Å². The van der Waals surface area contributed by atoms with Crippen LogP contribution in [0.5, 0.6) is 0 Å². The Bertz CT molecular complexity index is 329. The molecule has 0 radical (unpaired) electrons. The first-order chi connectivity index (χ1) is 8.61. The minimum Gasteiger partial charge on any atom is -0.387 e. The lowest BCUT2D eigenvalue weighted by Crippen LogP contribution is -2.43. The molecule has 0 aliphatic carbocycles. The van der Waals surface area contributed by atoms with Gasteiger partial charge in [-0.1, -0.05) is 37.3 Å². The van der Waals surface area contributed by atoms with Crippen molar-refractivity contribution in [1.82, 2.24) is 4.90 Å². The SMILES string of the molecule is CCC(C(O)c1ccccc1)N(C)C(C)COC. The summed E-state index contributed by atoms with van der Waals surface area (Å²) in [6.45, 7) is 4.89. The zero-order valence-corrected chi connectivity index (χ0v) is 11.8. The number of ether oxygens (including phenoxy) is 1. The molecule has 0 amide bonds. The maximum atomic E-state index is 10.5. The molecule has 102 valence electrons. The fourth-order valence-electron chi connectivity index (χ4n) is 2.29. The maximum absolute atomic E-state index is 10.5. The fourth-order valence-corrected chi connectivity index (χ4v) is 2.29. The van der Waals surface area contributed by atoms with Crippen LogP contribution in [0.4, 0.5) is 0 Å². The first-order valence-corrected chi connectivity index (χ1v) is 6.55. The summed E-state index contributed by atoms with van der Waals surface area (Å²) in [7, 11) is 3.75. The number of aliphatic hydroxyl groups is 1. The van der Waals surface area contributed by atoms with Gasteiger partial charge < -0.3 is 9.84 Å². The zero-order valence-electron chi connectivity index (χ0n) is 11.8. The molecule has 3 heteroatoms. The van der Waals surface area contributed by atoms with E-state index >= 15 is 0 Å². The first-order valence-electron chi connectivity index (χ1n) is 6.55. The van der Waals surface area contributed by atoms with Crippen molar-refractivity contribution in [1.29, 1.82) is 0 Å². The lowest BCUT2D eigenvalue weighted by atomic mass is 9.98. The van der Waals surface area contributed by atoms with Gasteiger partial charge in [0.2, 0.25) is 0 Å². The highest BCUT2D eigenvalue weighted by Crippen LogP contribution is 2.23. The Balaban J connectivity index is 2.76. The van der Waals surface area contributed by atoms with Gasteiger partial charge in [-0.05, 0) is 26.0 Å². The Morgan fingerprint density at radius 1 is 1.28 bits per heavy atom. The molecule has 1 aromatic carbocycles. The van der Waals surface area contributed by atoms with E-state index in [1.807, 2.05) is 37.4 Å². The molecular formula is C15H25NO2. The molecule has 1 rings (SSSR count). The number of aliphatic hydroxyl groups excluding tert-OH is 1. The second-order valence-electron chi connectivity index (χ2n) is 4.80. The van der Waals surface area contributed by atoms with Crippen LogP contribution in [-0.2, 0) is 4.74 Å². The van der Waals surface area contributed by atoms with Crippen LogP contribution >= 0.6 is 0 Å². The van der Waals surface area contributed by atoms with Crippen molar-refractivity contribution in [2.24, 2.45) is 0 Å². The Labute approximate surface area is 110 Å². The average Bonchev–Trinajstić information content (AvgIpc) is 2.40. The van der Waals surface area contributed by atoms with Gasteiger partial charge in [0.25, 0.3) is 0 Å². The summed E-state index contributed by atoms with van der Waals surface area (Å²) < 4.78 is 5.18. The Morgan fingerprint density at radius 3 is 2.39 bits per heavy atom. The predicted octanol–water partition coefficient (Wildman–Crippen LogP) is 2.47. The largest absolute Gasteiger partial charge is 0.387 e. The standard InChI is InChI=1S/C15H25NO2/c1-5-14(16(3)12(2)11-18-4)15(17)13-9-7-6-8-10-13/h6-10,12,14-15,17H,5,11H2,1-4H3. The highest BCUT2D eigenvalue weighted by atomic mass is 16.5. The molecule has 1 aromatic rings. The third-order valence-corrected chi connectivity index (χ3v) is 3.55. The van der Waals surface area contributed by atoms with Crippen LogP contribution in [0.3, 0.4) is 0 Å². The number of hydrogen-bond donors (Lipinski definition) is 1. The van der Waals surface area contributed by atoms with Crippen molar-refractivity contribution < 1.29 is 9.84 Å². The lowest BCUT2D eigenvalue weighted by molar-refractivity contribution is 0.0181. The van der Waals surface area contributed by atoms with Crippen LogP contribution in [0.15, 0.2) is 30.3 Å². The number of methoxy groups -OCH3 is 1. The van der Waals surface area contributed by atoms with Crippen molar-refractivity contribution in [3.8, 4) is 0 Å². The number of rotatable bonds is 7. The molecule has 0 saturated heterocycles. The molecule has 0 heterocycles. The topological polar surface area (TPSA) is 32.7 Å². The van der Waals surface area contributed by atoms with E-state index in [9.17, 15) is 5.11 Å². The third-order valence-electron chi connectivity index (χ3n) is 3.55. The quantitative estimate of drug-likeness (QED) is 0.808. The van der Waals surface area contributed by atoms with Crippen molar-refractivity contribution in [2.45, 2.75) is 38.5 Å². The monoisotopic (exact) mass is 251 g/mol. The van der Waals surface area contributed by atoms with Crippen LogP contribution in [0.25, 0.3) is 0 Å². The smallest absolute Gasteiger partial charge is 0.0945 e. The second-order valence-corrected chi connectivity index (χ2v) is 4.80. The van der Waals surface area contributed by atoms with Gasteiger partial charge in [0.05, 0.1) is 12.7 Å². The van der Waals surface area contributed by atoms with E-state index in [2.05, 4.69) is 18.7 Å². The van der Waals surface area contributed by atoms with E-state index in [4.69, 9.17) is 4.74 Å². The molecular weight excluding hydrogens is 226 g/mol. The van der Waals surface area contributed by atoms with Gasteiger partial charge in [-0.3, -0.25) is 4.90 Å². The summed E-state index contributed by atoms with van der Waals surface area (Å²) in [5.41, 5.74) is 0.973. The van der Waals surface area contributed by atoms with Crippen LogP contribution in [0, 0.1) is 0 Å². The van der Waals surface area contributed by atoms with Gasteiger partial charge in [-0.2, -0.15) is 0 Å². The molecule has 18 heavy (non-hydrogen) atoms. The zero-order chi connectivity index (χ0) is 13.5. The molecule has 1 N–H and O–H groups in total. The van der Waals surface area contributed by atoms with E-state index in [0.29, 0.717) is 12.6 Å². The minimum atomic E-state index is -0.458. The van der Waals surface area contributed by atoms with Crippen molar-refractivity contribution >= 4 is 0 Å². The van der Waals surface area contributed by atoms with E-state index in [1.54, 1.807) is 7.11 Å². The molecule has 0 spiro atoms. The Kier molecular flexibility index (Phi) is 6.33. The van der Waals surface area contributed by atoms with Crippen LogP contribution in [-0.4, -0.2) is 42.9 Å². The van der Waals surface area contributed by atoms with E-state index in [-0.39, 0.29) is 6.04 Å². The van der Waals surface area contributed by atoms with Gasteiger partial charge in [0.1, 0.15) is 0 Å².